The first-order chi connectivity index (χ1) is 12.9. The Hall–Kier alpha value is -2.73. The zero-order chi connectivity index (χ0) is 19.4. The predicted octanol–water partition coefficient (Wildman–Crippen LogP) is 2.48. The fourth-order valence-corrected chi connectivity index (χ4v) is 3.59. The summed E-state index contributed by atoms with van der Waals surface area (Å²) in [7, 11) is 0. The number of nitrogens with one attached hydrogen (secondary N) is 1. The number of hydrogen-bond acceptors (Lipinski definition) is 6. The highest BCUT2D eigenvalue weighted by Crippen LogP contribution is 2.28. The SMILES string of the molecule is O=C1C(CCc2ccc(O)c(O)c2)CNCC1CCc1ccc(O)c(O)c1. The van der Waals surface area contributed by atoms with Crippen LogP contribution in [0.25, 0.3) is 0 Å². The van der Waals surface area contributed by atoms with E-state index in [4.69, 9.17) is 0 Å². The second-order valence-electron chi connectivity index (χ2n) is 7.18. The Bertz CT molecular complexity index is 755. The second kappa shape index (κ2) is 8.31. The van der Waals surface area contributed by atoms with Crippen LogP contribution in [0.5, 0.6) is 23.0 Å². The van der Waals surface area contributed by atoms with Gasteiger partial charge in [0.25, 0.3) is 0 Å². The van der Waals surface area contributed by atoms with E-state index in [9.17, 15) is 25.2 Å². The largest absolute Gasteiger partial charge is 0.504 e. The number of carbonyl (C=O) groups excluding carboxylic acids is 1. The van der Waals surface area contributed by atoms with Crippen LogP contribution in [0.3, 0.4) is 0 Å². The molecule has 6 nitrogen and oxygen atoms in total. The van der Waals surface area contributed by atoms with Crippen LogP contribution in [-0.4, -0.2) is 39.3 Å². The van der Waals surface area contributed by atoms with E-state index in [0.717, 1.165) is 11.1 Å². The number of rotatable bonds is 6. The molecule has 1 saturated heterocycles. The number of aromatic hydroxyl groups is 4. The van der Waals surface area contributed by atoms with Crippen molar-refractivity contribution in [3.63, 3.8) is 0 Å². The summed E-state index contributed by atoms with van der Waals surface area (Å²) in [5.41, 5.74) is 1.78. The zero-order valence-electron chi connectivity index (χ0n) is 15.1. The number of piperidine rings is 1. The van der Waals surface area contributed by atoms with Crippen LogP contribution in [-0.2, 0) is 17.6 Å². The molecule has 6 heteroatoms. The molecule has 1 fully saturated rings. The van der Waals surface area contributed by atoms with Crippen LogP contribution in [0.1, 0.15) is 24.0 Å². The van der Waals surface area contributed by atoms with Crippen LogP contribution < -0.4 is 5.32 Å². The van der Waals surface area contributed by atoms with Gasteiger partial charge < -0.3 is 25.7 Å². The molecule has 2 aromatic rings. The normalized spacial score (nSPS) is 19.9. The predicted molar refractivity (Wildman–Crippen MR) is 101 cm³/mol. The molecule has 0 spiro atoms. The van der Waals surface area contributed by atoms with E-state index in [1.165, 1.54) is 24.3 Å². The Morgan fingerprint density at radius 3 is 1.59 bits per heavy atom. The van der Waals surface area contributed by atoms with Gasteiger partial charge in [-0.1, -0.05) is 12.1 Å². The molecular formula is C21H25NO5. The van der Waals surface area contributed by atoms with E-state index in [0.29, 0.717) is 38.8 Å². The summed E-state index contributed by atoms with van der Waals surface area (Å²) in [6.45, 7) is 1.30. The van der Waals surface area contributed by atoms with Gasteiger partial charge in [-0.05, 0) is 61.1 Å². The Morgan fingerprint density at radius 2 is 1.19 bits per heavy atom. The third-order valence-electron chi connectivity index (χ3n) is 5.23. The van der Waals surface area contributed by atoms with E-state index < -0.39 is 0 Å². The van der Waals surface area contributed by atoms with Gasteiger partial charge in [0.1, 0.15) is 5.78 Å². The molecule has 0 aromatic heterocycles. The highest BCUT2D eigenvalue weighted by molar-refractivity contribution is 5.84. The lowest BCUT2D eigenvalue weighted by Crippen LogP contribution is -2.44. The average Bonchev–Trinajstić information content (AvgIpc) is 2.65. The molecule has 144 valence electrons. The summed E-state index contributed by atoms with van der Waals surface area (Å²) in [5, 5.41) is 41.3. The van der Waals surface area contributed by atoms with Crippen molar-refractivity contribution < 1.29 is 25.2 Å². The van der Waals surface area contributed by atoms with Gasteiger partial charge in [0.15, 0.2) is 23.0 Å². The molecule has 0 radical (unpaired) electrons. The molecule has 0 amide bonds. The van der Waals surface area contributed by atoms with Crippen LogP contribution in [0.15, 0.2) is 36.4 Å². The van der Waals surface area contributed by atoms with Crippen LogP contribution in [0.4, 0.5) is 0 Å². The molecule has 27 heavy (non-hydrogen) atoms. The Morgan fingerprint density at radius 1 is 0.741 bits per heavy atom. The van der Waals surface area contributed by atoms with Gasteiger partial charge in [-0.2, -0.15) is 0 Å². The van der Waals surface area contributed by atoms with Gasteiger partial charge in [0, 0.05) is 24.9 Å². The number of hydrogen-bond donors (Lipinski definition) is 5. The van der Waals surface area contributed by atoms with Crippen molar-refractivity contribution >= 4 is 5.78 Å². The van der Waals surface area contributed by atoms with Gasteiger partial charge in [0.05, 0.1) is 0 Å². The van der Waals surface area contributed by atoms with E-state index >= 15 is 0 Å². The number of benzene rings is 2. The fourth-order valence-electron chi connectivity index (χ4n) is 3.59. The molecule has 2 atom stereocenters. The molecule has 1 aliphatic rings. The number of ketones is 1. The fraction of sp³-hybridized carbons (Fsp3) is 0.381. The summed E-state index contributed by atoms with van der Waals surface area (Å²) in [5.74, 6) is -0.476. The third kappa shape index (κ3) is 4.71. The monoisotopic (exact) mass is 371 g/mol. The molecule has 2 aromatic carbocycles. The van der Waals surface area contributed by atoms with Gasteiger partial charge in [-0.25, -0.2) is 0 Å². The maximum absolute atomic E-state index is 12.8. The maximum atomic E-state index is 12.8. The molecule has 2 unspecified atom stereocenters. The van der Waals surface area contributed by atoms with Crippen molar-refractivity contribution in [1.82, 2.24) is 5.32 Å². The topological polar surface area (TPSA) is 110 Å². The Balaban J connectivity index is 1.54. The van der Waals surface area contributed by atoms with Crippen molar-refractivity contribution in [3.05, 3.63) is 47.5 Å². The lowest BCUT2D eigenvalue weighted by Gasteiger charge is -2.29. The molecule has 1 aliphatic heterocycles. The van der Waals surface area contributed by atoms with Crippen molar-refractivity contribution in [3.8, 4) is 23.0 Å². The quantitative estimate of drug-likeness (QED) is 0.499. The first-order valence-electron chi connectivity index (χ1n) is 9.20. The lowest BCUT2D eigenvalue weighted by atomic mass is 9.82. The van der Waals surface area contributed by atoms with Gasteiger partial charge in [-0.15, -0.1) is 0 Å². The lowest BCUT2D eigenvalue weighted by molar-refractivity contribution is -0.128. The smallest absolute Gasteiger partial charge is 0.157 e. The van der Waals surface area contributed by atoms with Gasteiger partial charge >= 0.3 is 0 Å². The number of aryl methyl sites for hydroxylation is 2. The number of phenols is 4. The van der Waals surface area contributed by atoms with E-state index in [1.54, 1.807) is 12.1 Å². The van der Waals surface area contributed by atoms with Crippen molar-refractivity contribution in [2.75, 3.05) is 13.1 Å². The maximum Gasteiger partial charge on any atom is 0.157 e. The number of phenolic OH excluding ortho intramolecular Hbond substituents is 4. The summed E-state index contributed by atoms with van der Waals surface area (Å²) in [6.07, 6.45) is 2.69. The van der Waals surface area contributed by atoms with Crippen LogP contribution in [0.2, 0.25) is 0 Å². The average molecular weight is 371 g/mol. The zero-order valence-corrected chi connectivity index (χ0v) is 15.1. The van der Waals surface area contributed by atoms with E-state index in [2.05, 4.69) is 5.32 Å². The summed E-state index contributed by atoms with van der Waals surface area (Å²) >= 11 is 0. The first-order valence-corrected chi connectivity index (χ1v) is 9.20. The van der Waals surface area contributed by atoms with Crippen LogP contribution >= 0.6 is 0 Å². The van der Waals surface area contributed by atoms with E-state index in [-0.39, 0.29) is 40.6 Å². The first kappa shape index (κ1) is 19.0. The number of Topliss-reactive ketones (excluding diaryl/α,β-unsaturated/α-hetero) is 1. The molecular weight excluding hydrogens is 346 g/mol. The molecule has 1 heterocycles. The molecule has 5 N–H and O–H groups in total. The minimum Gasteiger partial charge on any atom is -0.504 e. The standard InChI is InChI=1S/C21H25NO5/c23-17-7-3-13(9-19(17)25)1-5-15-11-22-12-16(21(15)27)6-2-14-4-8-18(24)20(26)10-14/h3-4,7-10,15-16,22-26H,1-2,5-6,11-12H2. The third-order valence-corrected chi connectivity index (χ3v) is 5.23. The Kier molecular flexibility index (Phi) is 5.86. The molecule has 0 aliphatic carbocycles. The van der Waals surface area contributed by atoms with Gasteiger partial charge in [0.2, 0.25) is 0 Å². The van der Waals surface area contributed by atoms with Gasteiger partial charge in [-0.3, -0.25) is 4.79 Å². The Labute approximate surface area is 158 Å². The minimum absolute atomic E-state index is 0.0760. The highest BCUT2D eigenvalue weighted by atomic mass is 16.3. The van der Waals surface area contributed by atoms with Crippen LogP contribution in [0, 0.1) is 11.8 Å². The summed E-state index contributed by atoms with van der Waals surface area (Å²) < 4.78 is 0. The second-order valence-corrected chi connectivity index (χ2v) is 7.18. The molecule has 0 saturated carbocycles. The van der Waals surface area contributed by atoms with Crippen molar-refractivity contribution in [1.29, 1.82) is 0 Å². The molecule has 3 rings (SSSR count). The van der Waals surface area contributed by atoms with Crippen molar-refractivity contribution in [2.45, 2.75) is 25.7 Å². The summed E-state index contributed by atoms with van der Waals surface area (Å²) in [6, 6.07) is 9.49. The summed E-state index contributed by atoms with van der Waals surface area (Å²) in [4.78, 5) is 12.8. The van der Waals surface area contributed by atoms with E-state index in [1.807, 2.05) is 0 Å². The highest BCUT2D eigenvalue weighted by Gasteiger charge is 2.30. The minimum atomic E-state index is -0.144. The molecule has 0 bridgehead atoms. The van der Waals surface area contributed by atoms with Crippen molar-refractivity contribution in [2.24, 2.45) is 11.8 Å². The number of carbonyl (C=O) groups is 1.